The third-order valence-corrected chi connectivity index (χ3v) is 3.89. The second-order valence-corrected chi connectivity index (χ2v) is 5.71. The first kappa shape index (κ1) is 20.4. The van der Waals surface area contributed by atoms with Crippen LogP contribution in [0.1, 0.15) is 18.1 Å². The van der Waals surface area contributed by atoms with Crippen molar-refractivity contribution in [1.29, 1.82) is 0 Å². The molecule has 2 aromatic carbocycles. The zero-order chi connectivity index (χ0) is 19.6. The number of guanidine groups is 1. The molecule has 7 heteroatoms. The highest BCUT2D eigenvalue weighted by Crippen LogP contribution is 2.27. The number of nitrogens with zero attached hydrogens (tertiary/aromatic N) is 1. The molecule has 2 N–H and O–H groups in total. The lowest BCUT2D eigenvalue weighted by Gasteiger charge is -2.13. The van der Waals surface area contributed by atoms with E-state index in [2.05, 4.69) is 15.6 Å². The number of halogens is 1. The molecule has 0 radical (unpaired) electrons. The van der Waals surface area contributed by atoms with Gasteiger partial charge in [-0.05, 0) is 42.3 Å². The average Bonchev–Trinajstić information content (AvgIpc) is 2.69. The molecule has 27 heavy (non-hydrogen) atoms. The van der Waals surface area contributed by atoms with E-state index in [1.807, 2.05) is 25.1 Å². The number of rotatable bonds is 8. The van der Waals surface area contributed by atoms with Gasteiger partial charge in [-0.25, -0.2) is 9.38 Å². The standard InChI is InChI=1S/C20H26FN3O3/c1-5-22-20(23-12-14-6-8-17(25-2)16(21)10-14)24-13-15-7-9-18(26-3)19(11-15)27-4/h6-11H,5,12-13H2,1-4H3,(H2,22,23,24). The van der Waals surface area contributed by atoms with Crippen LogP contribution < -0.4 is 24.8 Å². The van der Waals surface area contributed by atoms with Gasteiger partial charge in [0.15, 0.2) is 29.0 Å². The Balaban J connectivity index is 2.04. The number of ether oxygens (including phenoxy) is 3. The topological polar surface area (TPSA) is 64.1 Å². The van der Waals surface area contributed by atoms with Gasteiger partial charge in [0.25, 0.3) is 0 Å². The average molecular weight is 375 g/mol. The van der Waals surface area contributed by atoms with Crippen LogP contribution in [-0.2, 0) is 13.1 Å². The number of aliphatic imine (C=N–C) groups is 1. The molecule has 0 saturated heterocycles. The Kier molecular flexibility index (Phi) is 7.73. The molecular weight excluding hydrogens is 349 g/mol. The number of hydrogen-bond donors (Lipinski definition) is 2. The van der Waals surface area contributed by atoms with Crippen LogP contribution in [0.15, 0.2) is 41.4 Å². The number of nitrogens with one attached hydrogen (secondary N) is 2. The molecule has 0 bridgehead atoms. The van der Waals surface area contributed by atoms with Gasteiger partial charge in [0.2, 0.25) is 0 Å². The number of methoxy groups -OCH3 is 3. The van der Waals surface area contributed by atoms with Crippen molar-refractivity contribution in [3.05, 3.63) is 53.3 Å². The lowest BCUT2D eigenvalue weighted by Crippen LogP contribution is -2.36. The van der Waals surface area contributed by atoms with Crippen LogP contribution in [-0.4, -0.2) is 33.8 Å². The van der Waals surface area contributed by atoms with Gasteiger partial charge in [0, 0.05) is 13.1 Å². The van der Waals surface area contributed by atoms with Gasteiger partial charge in [-0.1, -0.05) is 12.1 Å². The lowest BCUT2D eigenvalue weighted by atomic mass is 10.2. The Morgan fingerprint density at radius 3 is 2.19 bits per heavy atom. The Labute approximate surface area is 159 Å². The van der Waals surface area contributed by atoms with Crippen molar-refractivity contribution in [2.75, 3.05) is 27.9 Å². The molecule has 0 amide bonds. The van der Waals surface area contributed by atoms with E-state index >= 15 is 0 Å². The molecule has 0 fully saturated rings. The minimum atomic E-state index is -0.395. The Hall–Kier alpha value is -2.96. The van der Waals surface area contributed by atoms with Crippen LogP contribution in [0.4, 0.5) is 4.39 Å². The van der Waals surface area contributed by atoms with E-state index < -0.39 is 5.82 Å². The second kappa shape index (κ2) is 10.3. The van der Waals surface area contributed by atoms with Crippen LogP contribution in [0.3, 0.4) is 0 Å². The minimum absolute atomic E-state index is 0.223. The van der Waals surface area contributed by atoms with Crippen LogP contribution in [0, 0.1) is 5.82 Å². The van der Waals surface area contributed by atoms with Crippen molar-refractivity contribution >= 4 is 5.96 Å². The summed E-state index contributed by atoms with van der Waals surface area (Å²) in [7, 11) is 4.65. The molecule has 0 spiro atoms. The monoisotopic (exact) mass is 375 g/mol. The molecule has 6 nitrogen and oxygen atoms in total. The SMILES string of the molecule is CCNC(=NCc1ccc(OC)c(F)c1)NCc1ccc(OC)c(OC)c1. The van der Waals surface area contributed by atoms with Crippen molar-refractivity contribution in [2.45, 2.75) is 20.0 Å². The first-order valence-electron chi connectivity index (χ1n) is 8.66. The van der Waals surface area contributed by atoms with Gasteiger partial charge >= 0.3 is 0 Å². The second-order valence-electron chi connectivity index (χ2n) is 5.71. The van der Waals surface area contributed by atoms with E-state index in [0.29, 0.717) is 30.5 Å². The zero-order valence-electron chi connectivity index (χ0n) is 16.1. The molecule has 2 rings (SSSR count). The van der Waals surface area contributed by atoms with E-state index in [1.54, 1.807) is 26.4 Å². The Bertz CT molecular complexity index is 781. The summed E-state index contributed by atoms with van der Waals surface area (Å²) in [5, 5.41) is 6.43. The highest BCUT2D eigenvalue weighted by molar-refractivity contribution is 5.79. The fourth-order valence-electron chi connectivity index (χ4n) is 2.50. The van der Waals surface area contributed by atoms with E-state index in [0.717, 1.165) is 17.7 Å². The van der Waals surface area contributed by atoms with Crippen LogP contribution in [0.5, 0.6) is 17.2 Å². The van der Waals surface area contributed by atoms with Gasteiger partial charge in [0.1, 0.15) is 0 Å². The first-order valence-corrected chi connectivity index (χ1v) is 8.66. The quantitative estimate of drug-likeness (QED) is 0.548. The van der Waals surface area contributed by atoms with Crippen molar-refractivity contribution in [3.63, 3.8) is 0 Å². The molecule has 0 aliphatic heterocycles. The first-order chi connectivity index (χ1) is 13.1. The van der Waals surface area contributed by atoms with E-state index in [4.69, 9.17) is 14.2 Å². The summed E-state index contributed by atoms with van der Waals surface area (Å²) < 4.78 is 29.3. The maximum Gasteiger partial charge on any atom is 0.191 e. The molecule has 0 atom stereocenters. The van der Waals surface area contributed by atoms with Crippen molar-refractivity contribution in [1.82, 2.24) is 10.6 Å². The highest BCUT2D eigenvalue weighted by atomic mass is 19.1. The molecule has 146 valence electrons. The minimum Gasteiger partial charge on any atom is -0.494 e. The van der Waals surface area contributed by atoms with Gasteiger partial charge in [-0.15, -0.1) is 0 Å². The zero-order valence-corrected chi connectivity index (χ0v) is 16.1. The summed E-state index contributed by atoms with van der Waals surface area (Å²) in [6, 6.07) is 10.6. The molecule has 2 aromatic rings. The Morgan fingerprint density at radius 2 is 1.56 bits per heavy atom. The molecule has 0 aliphatic carbocycles. The summed E-state index contributed by atoms with van der Waals surface area (Å²) in [5.41, 5.74) is 1.78. The van der Waals surface area contributed by atoms with Crippen molar-refractivity contribution in [2.24, 2.45) is 4.99 Å². The van der Waals surface area contributed by atoms with E-state index in [1.165, 1.54) is 13.2 Å². The third-order valence-electron chi connectivity index (χ3n) is 3.89. The lowest BCUT2D eigenvalue weighted by molar-refractivity contribution is 0.354. The van der Waals surface area contributed by atoms with Crippen LogP contribution in [0.2, 0.25) is 0 Å². The van der Waals surface area contributed by atoms with Crippen molar-refractivity contribution < 1.29 is 18.6 Å². The van der Waals surface area contributed by atoms with Gasteiger partial charge in [-0.2, -0.15) is 0 Å². The van der Waals surface area contributed by atoms with Gasteiger partial charge in [-0.3, -0.25) is 0 Å². The van der Waals surface area contributed by atoms with Gasteiger partial charge in [0.05, 0.1) is 27.9 Å². The predicted molar refractivity (Wildman–Crippen MR) is 104 cm³/mol. The molecule has 0 saturated carbocycles. The number of hydrogen-bond acceptors (Lipinski definition) is 4. The summed E-state index contributed by atoms with van der Waals surface area (Å²) in [4.78, 5) is 4.50. The normalized spacial score (nSPS) is 11.1. The van der Waals surface area contributed by atoms with Crippen molar-refractivity contribution in [3.8, 4) is 17.2 Å². The fraction of sp³-hybridized carbons (Fsp3) is 0.350. The van der Waals surface area contributed by atoms with E-state index in [-0.39, 0.29) is 5.75 Å². The van der Waals surface area contributed by atoms with Gasteiger partial charge < -0.3 is 24.8 Å². The molecule has 0 aliphatic rings. The Morgan fingerprint density at radius 1 is 0.889 bits per heavy atom. The molecule has 0 heterocycles. The maximum atomic E-state index is 13.8. The summed E-state index contributed by atoms with van der Waals surface area (Å²) in [6.07, 6.45) is 0. The third kappa shape index (κ3) is 5.77. The maximum absolute atomic E-state index is 13.8. The summed E-state index contributed by atoms with van der Waals surface area (Å²) >= 11 is 0. The van der Waals surface area contributed by atoms with Crippen LogP contribution >= 0.6 is 0 Å². The fourth-order valence-corrected chi connectivity index (χ4v) is 2.50. The summed E-state index contributed by atoms with van der Waals surface area (Å²) in [6.45, 7) is 3.61. The molecular formula is C20H26FN3O3. The van der Waals surface area contributed by atoms with Crippen LogP contribution in [0.25, 0.3) is 0 Å². The molecule has 0 aromatic heterocycles. The predicted octanol–water partition coefficient (Wildman–Crippen LogP) is 3.11. The summed E-state index contributed by atoms with van der Waals surface area (Å²) in [5.74, 6) is 1.83. The smallest absolute Gasteiger partial charge is 0.191 e. The molecule has 0 unspecified atom stereocenters. The van der Waals surface area contributed by atoms with E-state index in [9.17, 15) is 4.39 Å². The largest absolute Gasteiger partial charge is 0.494 e. The highest BCUT2D eigenvalue weighted by Gasteiger charge is 2.06. The number of benzene rings is 2.